The third-order valence-corrected chi connectivity index (χ3v) is 3.56. The van der Waals surface area contributed by atoms with Crippen molar-refractivity contribution in [2.24, 2.45) is 0 Å². The molecule has 0 aromatic heterocycles. The van der Waals surface area contributed by atoms with Gasteiger partial charge in [-0.1, -0.05) is 0 Å². The molecule has 0 amide bonds. The maximum Gasteiger partial charge on any atom is 0.337 e. The molecule has 0 bridgehead atoms. The highest BCUT2D eigenvalue weighted by atomic mass is 16.5. The average molecular weight is 309 g/mol. The van der Waals surface area contributed by atoms with E-state index in [2.05, 4.69) is 4.90 Å². The van der Waals surface area contributed by atoms with E-state index in [0.717, 1.165) is 39.3 Å². The first-order valence-corrected chi connectivity index (χ1v) is 7.44. The van der Waals surface area contributed by atoms with Crippen LogP contribution in [-0.4, -0.2) is 64.5 Å². The van der Waals surface area contributed by atoms with E-state index in [-0.39, 0.29) is 0 Å². The molecule has 0 saturated carbocycles. The number of nitrogens with zero attached hydrogens (tertiary/aromatic N) is 1. The number of morpholine rings is 1. The van der Waals surface area contributed by atoms with Crippen LogP contribution < -0.4 is 9.47 Å². The van der Waals surface area contributed by atoms with Gasteiger partial charge < -0.3 is 18.9 Å². The number of esters is 1. The maximum atomic E-state index is 11.5. The zero-order valence-electron chi connectivity index (χ0n) is 13.2. The molecule has 1 aliphatic rings. The van der Waals surface area contributed by atoms with Gasteiger partial charge in [-0.05, 0) is 24.6 Å². The monoisotopic (exact) mass is 309 g/mol. The Morgan fingerprint density at radius 1 is 1.23 bits per heavy atom. The van der Waals surface area contributed by atoms with Crippen LogP contribution in [0.3, 0.4) is 0 Å². The van der Waals surface area contributed by atoms with Gasteiger partial charge in [0.2, 0.25) is 0 Å². The minimum atomic E-state index is -0.392. The van der Waals surface area contributed by atoms with Gasteiger partial charge in [-0.3, -0.25) is 4.90 Å². The minimum absolute atomic E-state index is 0.392. The highest BCUT2D eigenvalue weighted by Gasteiger charge is 2.12. The summed E-state index contributed by atoms with van der Waals surface area (Å²) in [4.78, 5) is 13.9. The largest absolute Gasteiger partial charge is 0.493 e. The Kier molecular flexibility index (Phi) is 6.48. The predicted molar refractivity (Wildman–Crippen MR) is 81.7 cm³/mol. The van der Waals surface area contributed by atoms with Gasteiger partial charge >= 0.3 is 5.97 Å². The SMILES string of the molecule is COC(=O)c1ccc(OCCCN2CCOCC2)c(OC)c1. The lowest BCUT2D eigenvalue weighted by Gasteiger charge is -2.26. The van der Waals surface area contributed by atoms with E-state index in [9.17, 15) is 4.79 Å². The van der Waals surface area contributed by atoms with E-state index < -0.39 is 5.97 Å². The number of carbonyl (C=O) groups excluding carboxylic acids is 1. The topological polar surface area (TPSA) is 57.2 Å². The molecule has 1 aliphatic heterocycles. The van der Waals surface area contributed by atoms with Crippen LogP contribution in [0, 0.1) is 0 Å². The van der Waals surface area contributed by atoms with E-state index >= 15 is 0 Å². The van der Waals surface area contributed by atoms with Crippen molar-refractivity contribution in [3.8, 4) is 11.5 Å². The van der Waals surface area contributed by atoms with Gasteiger partial charge in [0, 0.05) is 19.6 Å². The number of hydrogen-bond donors (Lipinski definition) is 0. The van der Waals surface area contributed by atoms with Crippen molar-refractivity contribution in [2.75, 3.05) is 53.7 Å². The number of benzene rings is 1. The lowest BCUT2D eigenvalue weighted by atomic mass is 10.2. The van der Waals surface area contributed by atoms with Crippen LogP contribution in [-0.2, 0) is 9.47 Å². The van der Waals surface area contributed by atoms with Gasteiger partial charge in [-0.2, -0.15) is 0 Å². The Balaban J connectivity index is 1.82. The number of ether oxygens (including phenoxy) is 4. The molecule has 1 heterocycles. The maximum absolute atomic E-state index is 11.5. The number of methoxy groups -OCH3 is 2. The summed E-state index contributed by atoms with van der Waals surface area (Å²) in [6.45, 7) is 5.18. The molecule has 1 fully saturated rings. The third kappa shape index (κ3) is 4.61. The van der Waals surface area contributed by atoms with Gasteiger partial charge in [-0.15, -0.1) is 0 Å². The van der Waals surface area contributed by atoms with Gasteiger partial charge in [0.25, 0.3) is 0 Å². The van der Waals surface area contributed by atoms with E-state index in [4.69, 9.17) is 18.9 Å². The van der Waals surface area contributed by atoms with Crippen LogP contribution in [0.4, 0.5) is 0 Å². The molecule has 0 aliphatic carbocycles. The molecule has 1 aromatic carbocycles. The van der Waals surface area contributed by atoms with Crippen LogP contribution in [0.25, 0.3) is 0 Å². The Morgan fingerprint density at radius 3 is 2.68 bits per heavy atom. The predicted octanol–water partition coefficient (Wildman–Crippen LogP) is 1.58. The average Bonchev–Trinajstić information content (AvgIpc) is 2.59. The van der Waals surface area contributed by atoms with Crippen LogP contribution in [0.15, 0.2) is 18.2 Å². The molecule has 1 aromatic rings. The quantitative estimate of drug-likeness (QED) is 0.563. The summed E-state index contributed by atoms with van der Waals surface area (Å²) in [5.41, 5.74) is 0.444. The highest BCUT2D eigenvalue weighted by molar-refractivity contribution is 5.90. The summed E-state index contributed by atoms with van der Waals surface area (Å²) in [6, 6.07) is 5.04. The molecule has 1 saturated heterocycles. The molecule has 0 unspecified atom stereocenters. The molecule has 6 nitrogen and oxygen atoms in total. The van der Waals surface area contributed by atoms with Crippen molar-refractivity contribution < 1.29 is 23.7 Å². The molecule has 0 atom stereocenters. The van der Waals surface area contributed by atoms with Crippen molar-refractivity contribution in [2.45, 2.75) is 6.42 Å². The van der Waals surface area contributed by atoms with Crippen molar-refractivity contribution in [1.29, 1.82) is 0 Å². The van der Waals surface area contributed by atoms with E-state index in [1.807, 2.05) is 0 Å². The van der Waals surface area contributed by atoms with Crippen molar-refractivity contribution >= 4 is 5.97 Å². The smallest absolute Gasteiger partial charge is 0.337 e. The number of hydrogen-bond acceptors (Lipinski definition) is 6. The second kappa shape index (κ2) is 8.60. The summed E-state index contributed by atoms with van der Waals surface area (Å²) in [5.74, 6) is 0.781. The molecule has 0 spiro atoms. The lowest BCUT2D eigenvalue weighted by molar-refractivity contribution is 0.0357. The van der Waals surface area contributed by atoms with Crippen molar-refractivity contribution in [1.82, 2.24) is 4.90 Å². The summed E-state index contributed by atoms with van der Waals surface area (Å²) in [5, 5.41) is 0. The summed E-state index contributed by atoms with van der Waals surface area (Å²) in [7, 11) is 2.90. The molecule has 2 rings (SSSR count). The molecular weight excluding hydrogens is 286 g/mol. The minimum Gasteiger partial charge on any atom is -0.493 e. The Bertz CT molecular complexity index is 485. The number of rotatable bonds is 7. The number of carbonyl (C=O) groups is 1. The van der Waals surface area contributed by atoms with Crippen LogP contribution in [0.2, 0.25) is 0 Å². The fraction of sp³-hybridized carbons (Fsp3) is 0.562. The molecule has 122 valence electrons. The highest BCUT2D eigenvalue weighted by Crippen LogP contribution is 2.28. The zero-order valence-corrected chi connectivity index (χ0v) is 13.2. The third-order valence-electron chi connectivity index (χ3n) is 3.56. The first-order valence-electron chi connectivity index (χ1n) is 7.44. The Morgan fingerprint density at radius 2 is 2.00 bits per heavy atom. The normalized spacial score (nSPS) is 15.4. The fourth-order valence-corrected chi connectivity index (χ4v) is 2.33. The second-order valence-electron chi connectivity index (χ2n) is 5.01. The molecule has 0 N–H and O–H groups in total. The van der Waals surface area contributed by atoms with E-state index in [1.165, 1.54) is 7.11 Å². The van der Waals surface area contributed by atoms with Gasteiger partial charge in [0.1, 0.15) is 0 Å². The van der Waals surface area contributed by atoms with E-state index in [0.29, 0.717) is 23.7 Å². The van der Waals surface area contributed by atoms with E-state index in [1.54, 1.807) is 25.3 Å². The van der Waals surface area contributed by atoms with Gasteiger partial charge in [0.05, 0.1) is 39.6 Å². The standard InChI is InChI=1S/C16H23NO5/c1-19-15-12-13(16(18)20-2)4-5-14(15)22-9-3-6-17-7-10-21-11-8-17/h4-5,12H,3,6-11H2,1-2H3. The molecule has 22 heavy (non-hydrogen) atoms. The Labute approximate surface area is 130 Å². The lowest BCUT2D eigenvalue weighted by Crippen LogP contribution is -2.37. The van der Waals surface area contributed by atoms with Crippen LogP contribution >= 0.6 is 0 Å². The first kappa shape index (κ1) is 16.6. The van der Waals surface area contributed by atoms with Gasteiger partial charge in [0.15, 0.2) is 11.5 Å². The molecular formula is C16H23NO5. The second-order valence-corrected chi connectivity index (χ2v) is 5.01. The van der Waals surface area contributed by atoms with Crippen molar-refractivity contribution in [3.63, 3.8) is 0 Å². The van der Waals surface area contributed by atoms with Crippen molar-refractivity contribution in [3.05, 3.63) is 23.8 Å². The summed E-state index contributed by atoms with van der Waals surface area (Å²) < 4.78 is 21.0. The zero-order chi connectivity index (χ0) is 15.8. The van der Waals surface area contributed by atoms with Crippen LogP contribution in [0.1, 0.15) is 16.8 Å². The van der Waals surface area contributed by atoms with Gasteiger partial charge in [-0.25, -0.2) is 4.79 Å². The Hall–Kier alpha value is -1.79. The van der Waals surface area contributed by atoms with Crippen LogP contribution in [0.5, 0.6) is 11.5 Å². The summed E-state index contributed by atoms with van der Waals surface area (Å²) in [6.07, 6.45) is 0.932. The molecule has 6 heteroatoms. The summed E-state index contributed by atoms with van der Waals surface area (Å²) >= 11 is 0. The first-order chi connectivity index (χ1) is 10.7. The molecule has 0 radical (unpaired) electrons. The fourth-order valence-electron chi connectivity index (χ4n) is 2.33.